The van der Waals surface area contributed by atoms with Gasteiger partial charge in [0.15, 0.2) is 5.76 Å². The predicted octanol–water partition coefficient (Wildman–Crippen LogP) is 2.81. The van der Waals surface area contributed by atoms with Crippen molar-refractivity contribution in [1.82, 2.24) is 0 Å². The van der Waals surface area contributed by atoms with Crippen molar-refractivity contribution in [3.05, 3.63) is 36.1 Å². The van der Waals surface area contributed by atoms with E-state index in [4.69, 9.17) is 21.2 Å². The molecule has 0 radical (unpaired) electrons. The number of para-hydroxylation sites is 1. The molecule has 0 saturated carbocycles. The fourth-order valence-electron chi connectivity index (χ4n) is 1.13. The summed E-state index contributed by atoms with van der Waals surface area (Å²) in [7, 11) is 0. The second kappa shape index (κ2) is 3.11. The molecular formula is C9H6ClNO2. The number of hydrogen-bond donors (Lipinski definition) is 1. The first-order valence-corrected chi connectivity index (χ1v) is 4.05. The zero-order valence-corrected chi connectivity index (χ0v) is 7.32. The van der Waals surface area contributed by atoms with Crippen molar-refractivity contribution in [1.29, 1.82) is 0 Å². The minimum Gasteiger partial charge on any atom is -0.453 e. The van der Waals surface area contributed by atoms with Gasteiger partial charge in [-0.05, 0) is 12.1 Å². The molecule has 0 bridgehead atoms. The Bertz CT molecular complexity index is 428. The van der Waals surface area contributed by atoms with Crippen LogP contribution >= 0.6 is 11.6 Å². The Labute approximate surface area is 79.2 Å². The van der Waals surface area contributed by atoms with E-state index in [1.54, 1.807) is 6.07 Å². The van der Waals surface area contributed by atoms with Crippen LogP contribution in [0.15, 0.2) is 39.9 Å². The molecule has 2 aromatic rings. The Hall–Kier alpha value is -1.48. The zero-order chi connectivity index (χ0) is 9.26. The van der Waals surface area contributed by atoms with Crippen molar-refractivity contribution in [3.63, 3.8) is 0 Å². The van der Waals surface area contributed by atoms with Crippen molar-refractivity contribution in [2.75, 3.05) is 0 Å². The van der Waals surface area contributed by atoms with Crippen molar-refractivity contribution >= 4 is 27.7 Å². The highest BCUT2D eigenvalue weighted by Gasteiger charge is 2.07. The monoisotopic (exact) mass is 195 g/mol. The van der Waals surface area contributed by atoms with Gasteiger partial charge in [-0.25, -0.2) is 0 Å². The molecule has 4 heteroatoms. The van der Waals surface area contributed by atoms with Crippen LogP contribution in [0.25, 0.3) is 11.0 Å². The van der Waals surface area contributed by atoms with Gasteiger partial charge >= 0.3 is 0 Å². The maximum Gasteiger partial charge on any atom is 0.210 e. The van der Waals surface area contributed by atoms with Crippen LogP contribution in [0.1, 0.15) is 5.76 Å². The first-order chi connectivity index (χ1) is 6.31. The fourth-order valence-corrected chi connectivity index (χ4v) is 1.23. The van der Waals surface area contributed by atoms with Gasteiger partial charge in [0.05, 0.1) is 0 Å². The summed E-state index contributed by atoms with van der Waals surface area (Å²) in [6.07, 6.45) is 0. The molecule has 2 rings (SSSR count). The summed E-state index contributed by atoms with van der Waals surface area (Å²) in [5.41, 5.74) is 0.722. The second-order valence-corrected chi connectivity index (χ2v) is 2.90. The van der Waals surface area contributed by atoms with Gasteiger partial charge in [-0.2, -0.15) is 0 Å². The first-order valence-electron chi connectivity index (χ1n) is 3.68. The topological polar surface area (TPSA) is 45.7 Å². The van der Waals surface area contributed by atoms with E-state index in [1.807, 2.05) is 24.3 Å². The van der Waals surface area contributed by atoms with E-state index in [0.29, 0.717) is 5.76 Å². The molecule has 0 saturated heterocycles. The third kappa shape index (κ3) is 1.38. The third-order valence-corrected chi connectivity index (χ3v) is 1.98. The van der Waals surface area contributed by atoms with Crippen molar-refractivity contribution in [2.24, 2.45) is 5.16 Å². The van der Waals surface area contributed by atoms with E-state index in [1.165, 1.54) is 0 Å². The Morgan fingerprint density at radius 2 is 2.15 bits per heavy atom. The summed E-state index contributed by atoms with van der Waals surface area (Å²) in [6.45, 7) is 0. The second-order valence-electron chi connectivity index (χ2n) is 2.54. The van der Waals surface area contributed by atoms with E-state index in [2.05, 4.69) is 5.16 Å². The number of oxime groups is 1. The molecule has 1 heterocycles. The number of nitrogens with zero attached hydrogens (tertiary/aromatic N) is 1. The molecule has 1 aromatic heterocycles. The van der Waals surface area contributed by atoms with Crippen LogP contribution in [0.4, 0.5) is 0 Å². The number of hydrogen-bond acceptors (Lipinski definition) is 3. The van der Waals surface area contributed by atoms with E-state index in [-0.39, 0.29) is 5.17 Å². The summed E-state index contributed by atoms with van der Waals surface area (Å²) >= 11 is 5.57. The van der Waals surface area contributed by atoms with E-state index >= 15 is 0 Å². The summed E-state index contributed by atoms with van der Waals surface area (Å²) in [5.74, 6) is 0.366. The highest BCUT2D eigenvalue weighted by Crippen LogP contribution is 2.20. The van der Waals surface area contributed by atoms with Gasteiger partial charge in [-0.15, -0.1) is 0 Å². The Morgan fingerprint density at radius 3 is 2.85 bits per heavy atom. The van der Waals surface area contributed by atoms with Crippen LogP contribution in [0.3, 0.4) is 0 Å². The average molecular weight is 196 g/mol. The summed E-state index contributed by atoms with van der Waals surface area (Å²) in [6, 6.07) is 9.19. The molecule has 13 heavy (non-hydrogen) atoms. The van der Waals surface area contributed by atoms with E-state index < -0.39 is 0 Å². The summed E-state index contributed by atoms with van der Waals surface area (Å²) in [5, 5.41) is 12.1. The Balaban J connectivity index is 2.62. The Morgan fingerprint density at radius 1 is 1.38 bits per heavy atom. The molecule has 0 atom stereocenters. The largest absolute Gasteiger partial charge is 0.453 e. The summed E-state index contributed by atoms with van der Waals surface area (Å²) < 4.78 is 5.30. The van der Waals surface area contributed by atoms with Crippen LogP contribution < -0.4 is 0 Å². The molecule has 0 aliphatic carbocycles. The van der Waals surface area contributed by atoms with Gasteiger partial charge in [-0.1, -0.05) is 35.0 Å². The fraction of sp³-hybridized carbons (Fsp3) is 0. The number of fused-ring (bicyclic) bond motifs is 1. The lowest BCUT2D eigenvalue weighted by Gasteiger charge is -1.85. The molecule has 0 fully saturated rings. The molecule has 3 nitrogen and oxygen atoms in total. The third-order valence-electron chi connectivity index (χ3n) is 1.72. The van der Waals surface area contributed by atoms with E-state index in [0.717, 1.165) is 11.0 Å². The van der Waals surface area contributed by atoms with Gasteiger partial charge in [0, 0.05) is 5.39 Å². The SMILES string of the molecule is O/N=C(/Cl)c1cc2ccccc2o1. The number of rotatable bonds is 1. The number of benzene rings is 1. The molecule has 0 spiro atoms. The van der Waals surface area contributed by atoms with Crippen molar-refractivity contribution < 1.29 is 9.62 Å². The lowest BCUT2D eigenvalue weighted by atomic mass is 10.2. The van der Waals surface area contributed by atoms with Gasteiger partial charge in [0.2, 0.25) is 5.17 Å². The van der Waals surface area contributed by atoms with Crippen molar-refractivity contribution in [2.45, 2.75) is 0 Å². The maximum absolute atomic E-state index is 8.41. The standard InChI is InChI=1S/C9H6ClNO2/c10-9(11-12)8-5-6-3-1-2-4-7(6)13-8/h1-5,12H/b11-9+. The number of halogens is 1. The average Bonchev–Trinajstić information content (AvgIpc) is 2.59. The van der Waals surface area contributed by atoms with Crippen LogP contribution in [0.5, 0.6) is 0 Å². The first kappa shape index (κ1) is 8.13. The van der Waals surface area contributed by atoms with Crippen molar-refractivity contribution in [3.8, 4) is 0 Å². The molecule has 0 aliphatic heterocycles. The van der Waals surface area contributed by atoms with Crippen LogP contribution in [0, 0.1) is 0 Å². The lowest BCUT2D eigenvalue weighted by Crippen LogP contribution is -1.85. The predicted molar refractivity (Wildman–Crippen MR) is 50.4 cm³/mol. The quantitative estimate of drug-likeness (QED) is 0.432. The Kier molecular flexibility index (Phi) is 1.94. The smallest absolute Gasteiger partial charge is 0.210 e. The number of furan rings is 1. The summed E-state index contributed by atoms with van der Waals surface area (Å²) in [4.78, 5) is 0. The van der Waals surface area contributed by atoms with E-state index in [9.17, 15) is 0 Å². The zero-order valence-electron chi connectivity index (χ0n) is 6.57. The minimum atomic E-state index is -0.0452. The highest BCUT2D eigenvalue weighted by molar-refractivity contribution is 6.69. The molecule has 1 N–H and O–H groups in total. The van der Waals surface area contributed by atoms with Gasteiger partial charge < -0.3 is 9.62 Å². The minimum absolute atomic E-state index is 0.0452. The normalized spacial score (nSPS) is 12.2. The maximum atomic E-state index is 8.41. The van der Waals surface area contributed by atoms with Crippen LogP contribution in [-0.2, 0) is 0 Å². The molecule has 0 amide bonds. The van der Waals surface area contributed by atoms with Gasteiger partial charge in [0.25, 0.3) is 0 Å². The molecule has 1 aromatic carbocycles. The van der Waals surface area contributed by atoms with Crippen LogP contribution in [0.2, 0.25) is 0 Å². The van der Waals surface area contributed by atoms with Gasteiger partial charge in [0.1, 0.15) is 5.58 Å². The lowest BCUT2D eigenvalue weighted by molar-refractivity contribution is 0.320. The molecule has 66 valence electrons. The molecular weight excluding hydrogens is 190 g/mol. The highest BCUT2D eigenvalue weighted by atomic mass is 35.5. The van der Waals surface area contributed by atoms with Gasteiger partial charge in [-0.3, -0.25) is 0 Å². The molecule has 0 aliphatic rings. The molecule has 0 unspecified atom stereocenters. The van der Waals surface area contributed by atoms with Crippen LogP contribution in [-0.4, -0.2) is 10.4 Å².